The van der Waals surface area contributed by atoms with Gasteiger partial charge < -0.3 is 4.98 Å². The third-order valence-corrected chi connectivity index (χ3v) is 4.73. The number of aromatic amines is 1. The van der Waals surface area contributed by atoms with Gasteiger partial charge in [0.2, 0.25) is 0 Å². The molecule has 1 N–H and O–H groups in total. The molecule has 0 fully saturated rings. The number of nitro groups is 2. The van der Waals surface area contributed by atoms with E-state index in [-0.39, 0.29) is 28.9 Å². The molecule has 0 radical (unpaired) electrons. The second-order valence-electron chi connectivity index (χ2n) is 7.88. The average Bonchev–Trinajstić information content (AvgIpc) is 2.61. The third-order valence-electron chi connectivity index (χ3n) is 4.73. The summed E-state index contributed by atoms with van der Waals surface area (Å²) in [5.74, 6) is 0.635. The van der Waals surface area contributed by atoms with Crippen molar-refractivity contribution in [1.29, 1.82) is 0 Å². The molecular formula is C18H21N5O5. The molecule has 10 heteroatoms. The SMILES string of the molecule is CC(C)(C)c1nc2c(c(=O)[nH]1)CN(Cc1ccc([N+](=O)[O-])cc1[N+](=O)[O-])CC2. The van der Waals surface area contributed by atoms with Gasteiger partial charge in [-0.2, -0.15) is 0 Å². The van der Waals surface area contributed by atoms with E-state index in [1.165, 1.54) is 12.1 Å². The lowest BCUT2D eigenvalue weighted by atomic mass is 9.95. The van der Waals surface area contributed by atoms with E-state index in [1.54, 1.807) is 0 Å². The van der Waals surface area contributed by atoms with Crippen LogP contribution in [0.3, 0.4) is 0 Å². The van der Waals surface area contributed by atoms with Crippen LogP contribution in [0.5, 0.6) is 0 Å². The van der Waals surface area contributed by atoms with E-state index in [9.17, 15) is 25.0 Å². The fourth-order valence-electron chi connectivity index (χ4n) is 3.18. The number of H-pyrrole nitrogens is 1. The van der Waals surface area contributed by atoms with Crippen LogP contribution in [0.1, 0.15) is 43.4 Å². The van der Waals surface area contributed by atoms with E-state index in [0.29, 0.717) is 36.5 Å². The number of rotatable bonds is 4. The monoisotopic (exact) mass is 387 g/mol. The predicted octanol–water partition coefficient (Wildman–Crippen LogP) is 2.44. The summed E-state index contributed by atoms with van der Waals surface area (Å²) in [7, 11) is 0. The first kappa shape index (κ1) is 19.6. The Kier molecular flexibility index (Phi) is 4.99. The summed E-state index contributed by atoms with van der Waals surface area (Å²) in [6.07, 6.45) is 0.559. The Bertz CT molecular complexity index is 1010. The molecule has 0 bridgehead atoms. The molecule has 1 aliphatic rings. The summed E-state index contributed by atoms with van der Waals surface area (Å²) in [5, 5.41) is 22.2. The van der Waals surface area contributed by atoms with Crippen molar-refractivity contribution < 1.29 is 9.85 Å². The van der Waals surface area contributed by atoms with Crippen molar-refractivity contribution in [3.63, 3.8) is 0 Å². The first-order valence-corrected chi connectivity index (χ1v) is 8.83. The summed E-state index contributed by atoms with van der Waals surface area (Å²) < 4.78 is 0. The van der Waals surface area contributed by atoms with Crippen LogP contribution >= 0.6 is 0 Å². The van der Waals surface area contributed by atoms with Crippen molar-refractivity contribution >= 4 is 11.4 Å². The minimum absolute atomic E-state index is 0.196. The van der Waals surface area contributed by atoms with Gasteiger partial charge in [-0.3, -0.25) is 29.9 Å². The quantitative estimate of drug-likeness (QED) is 0.628. The zero-order valence-corrected chi connectivity index (χ0v) is 15.9. The largest absolute Gasteiger partial charge is 0.310 e. The van der Waals surface area contributed by atoms with Crippen molar-refractivity contribution in [2.75, 3.05) is 6.54 Å². The number of benzene rings is 1. The Hall–Kier alpha value is -3.14. The van der Waals surface area contributed by atoms with E-state index in [2.05, 4.69) is 9.97 Å². The second-order valence-corrected chi connectivity index (χ2v) is 7.88. The maximum Gasteiger partial charge on any atom is 0.280 e. The van der Waals surface area contributed by atoms with Crippen LogP contribution in [0.4, 0.5) is 11.4 Å². The average molecular weight is 387 g/mol. The number of nitrogens with zero attached hydrogens (tertiary/aromatic N) is 4. The van der Waals surface area contributed by atoms with Crippen molar-refractivity contribution in [2.45, 2.75) is 45.7 Å². The summed E-state index contributed by atoms with van der Waals surface area (Å²) >= 11 is 0. The molecule has 2 heterocycles. The van der Waals surface area contributed by atoms with Gasteiger partial charge >= 0.3 is 0 Å². The first-order valence-electron chi connectivity index (χ1n) is 8.83. The second kappa shape index (κ2) is 7.12. The summed E-state index contributed by atoms with van der Waals surface area (Å²) in [5.41, 5.74) is 0.592. The molecule has 0 spiro atoms. The Morgan fingerprint density at radius 3 is 2.54 bits per heavy atom. The number of hydrogen-bond acceptors (Lipinski definition) is 7. The van der Waals surface area contributed by atoms with Gasteiger partial charge in [0, 0.05) is 43.1 Å². The van der Waals surface area contributed by atoms with Gasteiger partial charge in [-0.25, -0.2) is 4.98 Å². The summed E-state index contributed by atoms with van der Waals surface area (Å²) in [6.45, 7) is 7.03. The Morgan fingerprint density at radius 2 is 1.93 bits per heavy atom. The maximum absolute atomic E-state index is 12.5. The van der Waals surface area contributed by atoms with Gasteiger partial charge in [-0.1, -0.05) is 20.8 Å². The number of fused-ring (bicyclic) bond motifs is 1. The zero-order valence-electron chi connectivity index (χ0n) is 15.9. The van der Waals surface area contributed by atoms with E-state index in [0.717, 1.165) is 11.8 Å². The normalized spacial score (nSPS) is 14.5. The van der Waals surface area contributed by atoms with E-state index >= 15 is 0 Å². The number of nitrogens with one attached hydrogen (secondary N) is 1. The van der Waals surface area contributed by atoms with Crippen LogP contribution in [-0.4, -0.2) is 31.3 Å². The molecule has 0 saturated carbocycles. The number of non-ortho nitro benzene ring substituents is 1. The molecular weight excluding hydrogens is 366 g/mol. The van der Waals surface area contributed by atoms with Crippen LogP contribution < -0.4 is 5.56 Å². The number of nitro benzene ring substituents is 2. The van der Waals surface area contributed by atoms with E-state index < -0.39 is 9.85 Å². The van der Waals surface area contributed by atoms with Crippen LogP contribution in [0, 0.1) is 20.2 Å². The smallest absolute Gasteiger partial charge is 0.280 e. The molecule has 3 rings (SSSR count). The maximum atomic E-state index is 12.5. The number of hydrogen-bond donors (Lipinski definition) is 1. The minimum Gasteiger partial charge on any atom is -0.310 e. The highest BCUT2D eigenvalue weighted by atomic mass is 16.6. The molecule has 0 atom stereocenters. The van der Waals surface area contributed by atoms with Crippen LogP contribution in [0.2, 0.25) is 0 Å². The van der Waals surface area contributed by atoms with Crippen LogP contribution in [0.15, 0.2) is 23.0 Å². The van der Waals surface area contributed by atoms with Crippen LogP contribution in [0.25, 0.3) is 0 Å². The van der Waals surface area contributed by atoms with Crippen molar-refractivity contribution in [3.8, 4) is 0 Å². The fraction of sp³-hybridized carbons (Fsp3) is 0.444. The molecule has 1 aromatic carbocycles. The van der Waals surface area contributed by atoms with E-state index in [4.69, 9.17) is 0 Å². The predicted molar refractivity (Wildman–Crippen MR) is 101 cm³/mol. The van der Waals surface area contributed by atoms with Crippen molar-refractivity contribution in [2.24, 2.45) is 0 Å². The molecule has 2 aromatic rings. The lowest BCUT2D eigenvalue weighted by Gasteiger charge is -2.28. The molecule has 1 aromatic heterocycles. The lowest BCUT2D eigenvalue weighted by molar-refractivity contribution is -0.394. The molecule has 10 nitrogen and oxygen atoms in total. The van der Waals surface area contributed by atoms with Crippen molar-refractivity contribution in [1.82, 2.24) is 14.9 Å². The molecule has 0 amide bonds. The van der Waals surface area contributed by atoms with Gasteiger partial charge in [-0.05, 0) is 6.07 Å². The highest BCUT2D eigenvalue weighted by molar-refractivity contribution is 5.49. The minimum atomic E-state index is -0.661. The van der Waals surface area contributed by atoms with E-state index in [1.807, 2.05) is 25.7 Å². The molecule has 0 saturated heterocycles. The molecule has 0 unspecified atom stereocenters. The van der Waals surface area contributed by atoms with Gasteiger partial charge in [0.05, 0.1) is 27.2 Å². The molecule has 0 aliphatic carbocycles. The standard InChI is InChI=1S/C18H21N5O5/c1-18(2,3)17-19-14-6-7-21(10-13(14)16(24)20-17)9-11-4-5-12(22(25)26)8-15(11)23(27)28/h4-5,8H,6-7,9-10H2,1-3H3,(H,19,20,24). The highest BCUT2D eigenvalue weighted by Gasteiger charge is 2.27. The molecule has 1 aliphatic heterocycles. The third kappa shape index (κ3) is 3.91. The Labute approximate surface area is 160 Å². The Morgan fingerprint density at radius 1 is 1.21 bits per heavy atom. The van der Waals surface area contributed by atoms with Gasteiger partial charge in [0.25, 0.3) is 16.9 Å². The summed E-state index contributed by atoms with van der Waals surface area (Å²) in [6, 6.07) is 3.62. The number of aromatic nitrogens is 2. The van der Waals surface area contributed by atoms with Crippen LogP contribution in [-0.2, 0) is 24.9 Å². The zero-order chi connectivity index (χ0) is 20.6. The lowest BCUT2D eigenvalue weighted by Crippen LogP contribution is -2.37. The molecule has 148 valence electrons. The molecule has 28 heavy (non-hydrogen) atoms. The topological polar surface area (TPSA) is 135 Å². The van der Waals surface area contributed by atoms with Gasteiger partial charge in [0.1, 0.15) is 5.82 Å². The first-order chi connectivity index (χ1) is 13.1. The Balaban J connectivity index is 1.87. The van der Waals surface area contributed by atoms with Crippen molar-refractivity contribution in [3.05, 3.63) is 71.4 Å². The fourth-order valence-corrected chi connectivity index (χ4v) is 3.18. The van der Waals surface area contributed by atoms with Gasteiger partial charge in [0.15, 0.2) is 0 Å². The van der Waals surface area contributed by atoms with Gasteiger partial charge in [-0.15, -0.1) is 0 Å². The highest BCUT2D eigenvalue weighted by Crippen LogP contribution is 2.27. The summed E-state index contributed by atoms with van der Waals surface area (Å²) in [4.78, 5) is 42.8.